The highest BCUT2D eigenvalue weighted by Crippen LogP contribution is 2.35. The first-order valence-corrected chi connectivity index (χ1v) is 19.9. The molecule has 0 radical (unpaired) electrons. The average Bonchev–Trinajstić information content (AvgIpc) is 3.62. The maximum atomic E-state index is 12.6. The van der Waals surface area contributed by atoms with E-state index in [1.807, 2.05) is 12.1 Å². The number of rotatable bonds is 23. The summed E-state index contributed by atoms with van der Waals surface area (Å²) < 4.78 is 37.2. The fraction of sp³-hybridized carbons (Fsp3) is 0.511. The highest BCUT2D eigenvalue weighted by Gasteiger charge is 2.39. The van der Waals surface area contributed by atoms with Crippen molar-refractivity contribution in [1.29, 1.82) is 0 Å². The van der Waals surface area contributed by atoms with Crippen LogP contribution in [0.4, 0.5) is 0 Å². The first-order chi connectivity index (χ1) is 27.7. The van der Waals surface area contributed by atoms with Crippen LogP contribution in [-0.4, -0.2) is 82.1 Å². The molecule has 13 heteroatoms. The molecule has 0 N–H and O–H groups in total. The number of hydrogen-bond donors (Lipinski definition) is 0. The lowest BCUT2D eigenvalue weighted by Crippen LogP contribution is -2.45. The molecule has 1 aliphatic rings. The Hall–Kier alpha value is -5.46. The Morgan fingerprint density at radius 1 is 0.603 bits per heavy atom. The Bertz CT molecular complexity index is 1760. The smallest absolute Gasteiger partial charge is 0.417 e. The molecule has 0 heterocycles. The fourth-order valence-electron chi connectivity index (χ4n) is 6.36. The molecule has 0 spiro atoms. The maximum absolute atomic E-state index is 12.6. The number of benzene rings is 2. The number of esters is 6. The molecule has 0 saturated carbocycles. The summed E-state index contributed by atoms with van der Waals surface area (Å²) in [6.45, 7) is 13.1. The quantitative estimate of drug-likeness (QED) is 0.0379. The van der Waals surface area contributed by atoms with E-state index < -0.39 is 67.7 Å². The SMILES string of the molecule is C=C(C)C(=O)OCCCc1cc(-c2ccc3c(c2)CC(CCCCCC)C3)ccc1OCC(COC(=O)C(=C)C)(COC(=O)C(=O)OCC)COC(=O)C(=O)OCC. The summed E-state index contributed by atoms with van der Waals surface area (Å²) in [5.41, 5.74) is 4.10. The van der Waals surface area contributed by atoms with Gasteiger partial charge in [-0.3, -0.25) is 0 Å². The molecule has 1 unspecified atom stereocenters. The molecule has 1 atom stereocenters. The predicted molar refractivity (Wildman–Crippen MR) is 215 cm³/mol. The lowest BCUT2D eigenvalue weighted by Gasteiger charge is -2.32. The molecular weight excluding hydrogens is 748 g/mol. The number of unbranched alkanes of at least 4 members (excludes halogenated alkanes) is 3. The molecule has 0 saturated heterocycles. The summed E-state index contributed by atoms with van der Waals surface area (Å²) in [5.74, 6) is -5.51. The third-order valence-electron chi connectivity index (χ3n) is 9.55. The van der Waals surface area contributed by atoms with Crippen LogP contribution in [-0.2, 0) is 76.5 Å². The Morgan fingerprint density at radius 3 is 1.72 bits per heavy atom. The molecule has 2 aromatic rings. The van der Waals surface area contributed by atoms with Crippen LogP contribution in [0.1, 0.15) is 89.8 Å². The van der Waals surface area contributed by atoms with E-state index in [2.05, 4.69) is 38.3 Å². The van der Waals surface area contributed by atoms with Crippen molar-refractivity contribution in [2.75, 3.05) is 46.2 Å². The summed E-state index contributed by atoms with van der Waals surface area (Å²) in [6.07, 6.45) is 9.15. The van der Waals surface area contributed by atoms with Crippen LogP contribution >= 0.6 is 0 Å². The van der Waals surface area contributed by atoms with Gasteiger partial charge < -0.3 is 33.2 Å². The minimum atomic E-state index is -1.66. The van der Waals surface area contributed by atoms with E-state index in [0.717, 1.165) is 29.5 Å². The second-order valence-corrected chi connectivity index (χ2v) is 14.7. The van der Waals surface area contributed by atoms with E-state index in [9.17, 15) is 28.8 Å². The van der Waals surface area contributed by atoms with Crippen molar-refractivity contribution in [1.82, 2.24) is 0 Å². The van der Waals surface area contributed by atoms with Crippen LogP contribution in [0.25, 0.3) is 11.1 Å². The van der Waals surface area contributed by atoms with Gasteiger partial charge in [-0.25, -0.2) is 28.8 Å². The van der Waals surface area contributed by atoms with Crippen LogP contribution < -0.4 is 4.74 Å². The van der Waals surface area contributed by atoms with Gasteiger partial charge in [0.05, 0.1) is 19.8 Å². The number of carbonyl (C=O) groups excluding carboxylic acids is 6. The fourth-order valence-corrected chi connectivity index (χ4v) is 6.36. The molecule has 316 valence electrons. The molecule has 3 rings (SSSR count). The monoisotopic (exact) mass is 806 g/mol. The van der Waals surface area contributed by atoms with Crippen molar-refractivity contribution < 1.29 is 61.9 Å². The van der Waals surface area contributed by atoms with Gasteiger partial charge in [-0.05, 0) is 106 Å². The number of carbonyl (C=O) groups is 6. The van der Waals surface area contributed by atoms with E-state index >= 15 is 0 Å². The van der Waals surface area contributed by atoms with Crippen LogP contribution in [0.2, 0.25) is 0 Å². The minimum absolute atomic E-state index is 0.0566. The highest BCUT2D eigenvalue weighted by molar-refractivity contribution is 6.30. The number of hydrogen-bond acceptors (Lipinski definition) is 13. The van der Waals surface area contributed by atoms with Gasteiger partial charge in [0, 0.05) is 11.1 Å². The van der Waals surface area contributed by atoms with Crippen LogP contribution in [0, 0.1) is 11.3 Å². The van der Waals surface area contributed by atoms with E-state index in [-0.39, 0.29) is 31.0 Å². The zero-order valence-electron chi connectivity index (χ0n) is 34.6. The Kier molecular flexibility index (Phi) is 19.2. The van der Waals surface area contributed by atoms with Gasteiger partial charge in [0.25, 0.3) is 0 Å². The Balaban J connectivity index is 1.97. The van der Waals surface area contributed by atoms with Crippen molar-refractivity contribution in [3.63, 3.8) is 0 Å². The molecule has 0 amide bonds. The van der Waals surface area contributed by atoms with Gasteiger partial charge in [-0.15, -0.1) is 0 Å². The molecule has 0 aromatic heterocycles. The number of aryl methyl sites for hydroxylation is 1. The Morgan fingerprint density at radius 2 is 1.14 bits per heavy atom. The third kappa shape index (κ3) is 14.8. The van der Waals surface area contributed by atoms with Crippen molar-refractivity contribution >= 4 is 35.8 Å². The molecule has 0 bridgehead atoms. The van der Waals surface area contributed by atoms with Crippen molar-refractivity contribution in [3.8, 4) is 16.9 Å². The second-order valence-electron chi connectivity index (χ2n) is 14.7. The lowest BCUT2D eigenvalue weighted by molar-refractivity contribution is -0.178. The first-order valence-electron chi connectivity index (χ1n) is 19.9. The zero-order valence-corrected chi connectivity index (χ0v) is 34.6. The average molecular weight is 807 g/mol. The molecule has 2 aromatic carbocycles. The third-order valence-corrected chi connectivity index (χ3v) is 9.55. The van der Waals surface area contributed by atoms with E-state index in [4.69, 9.17) is 33.2 Å². The molecule has 0 fully saturated rings. The normalized spacial score (nSPS) is 13.1. The lowest BCUT2D eigenvalue weighted by atomic mass is 9.91. The largest absolute Gasteiger partial charge is 0.492 e. The van der Waals surface area contributed by atoms with Crippen LogP contribution in [0.5, 0.6) is 5.75 Å². The van der Waals surface area contributed by atoms with Crippen LogP contribution in [0.15, 0.2) is 60.7 Å². The zero-order chi connectivity index (χ0) is 42.7. The van der Waals surface area contributed by atoms with E-state index in [1.54, 1.807) is 13.0 Å². The minimum Gasteiger partial charge on any atom is -0.492 e. The van der Waals surface area contributed by atoms with Gasteiger partial charge in [0.2, 0.25) is 0 Å². The Labute approximate surface area is 341 Å². The summed E-state index contributed by atoms with van der Waals surface area (Å²) in [4.78, 5) is 74.1. The first kappa shape index (κ1) is 46.9. The standard InChI is InChI=1S/C45H58O13/c1-8-11-12-13-15-32-22-33-17-18-34(25-37(33)23-32)35-19-20-38(36(24-35)16-14-21-54-39(46)30(4)5)55-26-45(27-56-40(47)31(6)7,28-57-43(50)41(48)52-9-2)29-58-44(51)42(49)53-10-3/h17-20,24-25,32H,4,6,8-16,21-23,26-29H2,1-3,5,7H3. The van der Waals surface area contributed by atoms with Crippen LogP contribution in [0.3, 0.4) is 0 Å². The predicted octanol–water partition coefficient (Wildman–Crippen LogP) is 6.79. The van der Waals surface area contributed by atoms with Gasteiger partial charge in [0.15, 0.2) is 0 Å². The van der Waals surface area contributed by atoms with Crippen molar-refractivity contribution in [2.24, 2.45) is 11.3 Å². The molecule has 13 nitrogen and oxygen atoms in total. The topological polar surface area (TPSA) is 167 Å². The van der Waals surface area contributed by atoms with Gasteiger partial charge >= 0.3 is 35.8 Å². The van der Waals surface area contributed by atoms with Gasteiger partial charge in [0.1, 0.15) is 37.6 Å². The summed E-state index contributed by atoms with van der Waals surface area (Å²) in [5, 5.41) is 0. The van der Waals surface area contributed by atoms with E-state index in [1.165, 1.54) is 64.0 Å². The van der Waals surface area contributed by atoms with Crippen molar-refractivity contribution in [3.05, 3.63) is 77.4 Å². The summed E-state index contributed by atoms with van der Waals surface area (Å²) in [7, 11) is 0. The molecule has 58 heavy (non-hydrogen) atoms. The molecule has 1 aliphatic carbocycles. The number of fused-ring (bicyclic) bond motifs is 1. The van der Waals surface area contributed by atoms with Gasteiger partial charge in [-0.2, -0.15) is 0 Å². The van der Waals surface area contributed by atoms with Crippen molar-refractivity contribution in [2.45, 2.75) is 92.4 Å². The maximum Gasteiger partial charge on any atom is 0.417 e. The van der Waals surface area contributed by atoms with E-state index in [0.29, 0.717) is 24.5 Å². The number of ether oxygens (including phenoxy) is 7. The molecule has 0 aliphatic heterocycles. The summed E-state index contributed by atoms with van der Waals surface area (Å²) in [6, 6.07) is 12.2. The summed E-state index contributed by atoms with van der Waals surface area (Å²) >= 11 is 0. The van der Waals surface area contributed by atoms with Gasteiger partial charge in [-0.1, -0.05) is 70.0 Å². The second kappa shape index (κ2) is 23.7. The highest BCUT2D eigenvalue weighted by atomic mass is 16.6. The molecular formula is C45H58O13.